The van der Waals surface area contributed by atoms with Crippen molar-refractivity contribution >= 4 is 8.07 Å². The van der Waals surface area contributed by atoms with E-state index in [0.717, 1.165) is 19.6 Å². The molecule has 0 spiro atoms. The summed E-state index contributed by atoms with van der Waals surface area (Å²) in [5.74, 6) is 4.04. The summed E-state index contributed by atoms with van der Waals surface area (Å²) in [6, 6.07) is 21.6. The van der Waals surface area contributed by atoms with Gasteiger partial charge in [0.1, 0.15) is 8.07 Å². The van der Waals surface area contributed by atoms with E-state index < -0.39 is 8.07 Å². The zero-order valence-electron chi connectivity index (χ0n) is 16.0. The van der Waals surface area contributed by atoms with Crippen molar-refractivity contribution in [2.75, 3.05) is 13.2 Å². The molecule has 0 bridgehead atoms. The van der Waals surface area contributed by atoms with Gasteiger partial charge in [-0.1, -0.05) is 86.2 Å². The SMILES string of the molecule is C[Si](C)(C)C#CC(NC(c1ccccc1)c1ccccc1)C1CCOC1. The average molecular weight is 364 g/mol. The summed E-state index contributed by atoms with van der Waals surface area (Å²) in [4.78, 5) is 0. The van der Waals surface area contributed by atoms with Crippen LogP contribution in [0.25, 0.3) is 0 Å². The molecule has 0 radical (unpaired) electrons. The Morgan fingerprint density at radius 2 is 1.54 bits per heavy atom. The lowest BCUT2D eigenvalue weighted by molar-refractivity contribution is 0.180. The fourth-order valence-corrected chi connectivity index (χ4v) is 3.85. The van der Waals surface area contributed by atoms with Crippen molar-refractivity contribution in [3.05, 3.63) is 71.8 Å². The Hall–Kier alpha value is -1.86. The van der Waals surface area contributed by atoms with E-state index in [4.69, 9.17) is 4.74 Å². The van der Waals surface area contributed by atoms with Gasteiger partial charge < -0.3 is 4.74 Å². The number of ether oxygens (including phenoxy) is 1. The van der Waals surface area contributed by atoms with Gasteiger partial charge in [-0.25, -0.2) is 0 Å². The first kappa shape index (κ1) is 18.9. The summed E-state index contributed by atoms with van der Waals surface area (Å²) in [6.45, 7) is 8.55. The molecule has 2 aromatic carbocycles. The van der Waals surface area contributed by atoms with Gasteiger partial charge in [-0.2, -0.15) is 0 Å². The minimum atomic E-state index is -1.42. The van der Waals surface area contributed by atoms with Crippen molar-refractivity contribution in [1.29, 1.82) is 0 Å². The van der Waals surface area contributed by atoms with E-state index in [2.05, 4.69) is 97.1 Å². The maximum atomic E-state index is 5.67. The number of hydrogen-bond donors (Lipinski definition) is 1. The molecule has 0 saturated carbocycles. The van der Waals surface area contributed by atoms with Crippen molar-refractivity contribution in [3.63, 3.8) is 0 Å². The molecule has 1 saturated heterocycles. The van der Waals surface area contributed by atoms with E-state index in [1.165, 1.54) is 11.1 Å². The van der Waals surface area contributed by atoms with Crippen LogP contribution in [0.3, 0.4) is 0 Å². The second-order valence-electron chi connectivity index (χ2n) is 8.04. The van der Waals surface area contributed by atoms with E-state index in [0.29, 0.717) is 5.92 Å². The van der Waals surface area contributed by atoms with Crippen LogP contribution < -0.4 is 5.32 Å². The van der Waals surface area contributed by atoms with E-state index in [-0.39, 0.29) is 12.1 Å². The first-order chi connectivity index (χ1) is 12.5. The van der Waals surface area contributed by atoms with Crippen LogP contribution in [-0.2, 0) is 4.74 Å². The molecule has 2 unspecified atom stereocenters. The van der Waals surface area contributed by atoms with Gasteiger partial charge in [-0.05, 0) is 17.5 Å². The predicted octanol–water partition coefficient (Wildman–Crippen LogP) is 4.65. The number of hydrogen-bond acceptors (Lipinski definition) is 2. The van der Waals surface area contributed by atoms with Crippen LogP contribution in [0, 0.1) is 17.4 Å². The molecule has 1 fully saturated rings. The molecule has 26 heavy (non-hydrogen) atoms. The zero-order valence-corrected chi connectivity index (χ0v) is 17.0. The fourth-order valence-electron chi connectivity index (χ4n) is 3.26. The third kappa shape index (κ3) is 5.31. The summed E-state index contributed by atoms with van der Waals surface area (Å²) in [6.07, 6.45) is 1.08. The molecule has 3 heteroatoms. The fraction of sp³-hybridized carbons (Fsp3) is 0.391. The molecule has 3 rings (SSSR count). The smallest absolute Gasteiger partial charge is 0.129 e. The Labute approximate surface area is 159 Å². The van der Waals surface area contributed by atoms with Crippen LogP contribution in [0.15, 0.2) is 60.7 Å². The predicted molar refractivity (Wildman–Crippen MR) is 112 cm³/mol. The quantitative estimate of drug-likeness (QED) is 0.617. The minimum Gasteiger partial charge on any atom is -0.381 e. The van der Waals surface area contributed by atoms with Crippen molar-refractivity contribution in [1.82, 2.24) is 5.32 Å². The molecule has 0 amide bonds. The standard InChI is InChI=1S/C23H29NOSi/c1-26(2,3)17-15-22(21-14-16-25-18-21)24-23(19-10-6-4-7-11-19)20-12-8-5-9-13-20/h4-13,21-24H,14,16,18H2,1-3H3. The van der Waals surface area contributed by atoms with Crippen molar-refractivity contribution in [2.24, 2.45) is 5.92 Å². The zero-order chi connectivity index (χ0) is 18.4. The molecular formula is C23H29NOSi. The van der Waals surface area contributed by atoms with Crippen molar-refractivity contribution in [3.8, 4) is 11.5 Å². The molecule has 2 atom stereocenters. The maximum Gasteiger partial charge on any atom is 0.129 e. The highest BCUT2D eigenvalue weighted by Crippen LogP contribution is 2.25. The van der Waals surface area contributed by atoms with Gasteiger partial charge in [-0.15, -0.1) is 5.54 Å². The van der Waals surface area contributed by atoms with Gasteiger partial charge in [0, 0.05) is 12.5 Å². The Morgan fingerprint density at radius 1 is 0.962 bits per heavy atom. The second-order valence-corrected chi connectivity index (χ2v) is 12.8. The molecule has 1 N–H and O–H groups in total. The molecule has 2 aromatic rings. The van der Waals surface area contributed by atoms with E-state index in [1.807, 2.05) is 0 Å². The topological polar surface area (TPSA) is 21.3 Å². The van der Waals surface area contributed by atoms with Gasteiger partial charge in [0.15, 0.2) is 0 Å². The Kier molecular flexibility index (Phi) is 6.32. The van der Waals surface area contributed by atoms with Crippen LogP contribution in [0.2, 0.25) is 19.6 Å². The number of nitrogens with one attached hydrogen (secondary N) is 1. The van der Waals surface area contributed by atoms with Gasteiger partial charge in [0.2, 0.25) is 0 Å². The van der Waals surface area contributed by atoms with Crippen LogP contribution in [0.5, 0.6) is 0 Å². The van der Waals surface area contributed by atoms with Crippen LogP contribution in [0.1, 0.15) is 23.6 Å². The largest absolute Gasteiger partial charge is 0.381 e. The minimum absolute atomic E-state index is 0.138. The molecule has 1 aliphatic heterocycles. The van der Waals surface area contributed by atoms with E-state index >= 15 is 0 Å². The second kappa shape index (κ2) is 8.68. The normalized spacial score (nSPS) is 18.4. The van der Waals surface area contributed by atoms with Crippen molar-refractivity contribution < 1.29 is 4.74 Å². The molecular weight excluding hydrogens is 334 g/mol. The summed E-state index contributed by atoms with van der Waals surface area (Å²) >= 11 is 0. The lowest BCUT2D eigenvalue weighted by Gasteiger charge is -2.27. The summed E-state index contributed by atoms with van der Waals surface area (Å²) < 4.78 is 5.67. The first-order valence-electron chi connectivity index (χ1n) is 9.49. The van der Waals surface area contributed by atoms with Gasteiger partial charge in [0.25, 0.3) is 0 Å². The average Bonchev–Trinajstić information content (AvgIpc) is 3.17. The highest BCUT2D eigenvalue weighted by molar-refractivity contribution is 6.83. The molecule has 136 valence electrons. The van der Waals surface area contributed by atoms with Crippen LogP contribution >= 0.6 is 0 Å². The maximum absolute atomic E-state index is 5.67. The monoisotopic (exact) mass is 363 g/mol. The summed E-state index contributed by atoms with van der Waals surface area (Å²) in [5, 5.41) is 3.87. The lowest BCUT2D eigenvalue weighted by atomic mass is 9.94. The molecule has 2 nitrogen and oxygen atoms in total. The highest BCUT2D eigenvalue weighted by Gasteiger charge is 2.28. The Balaban J connectivity index is 1.92. The van der Waals surface area contributed by atoms with Crippen LogP contribution in [-0.4, -0.2) is 27.3 Å². The Morgan fingerprint density at radius 3 is 2.00 bits per heavy atom. The molecule has 0 aliphatic carbocycles. The number of rotatable bonds is 5. The van der Waals surface area contributed by atoms with Crippen molar-refractivity contribution in [2.45, 2.75) is 38.1 Å². The summed E-state index contributed by atoms with van der Waals surface area (Å²) in [7, 11) is -1.42. The first-order valence-corrected chi connectivity index (χ1v) is 13.0. The lowest BCUT2D eigenvalue weighted by Crippen LogP contribution is -2.39. The summed E-state index contributed by atoms with van der Waals surface area (Å²) in [5.41, 5.74) is 6.13. The van der Waals surface area contributed by atoms with E-state index in [1.54, 1.807) is 0 Å². The molecule has 0 aromatic heterocycles. The Bertz CT molecular complexity index is 697. The van der Waals surface area contributed by atoms with Gasteiger partial charge in [-0.3, -0.25) is 5.32 Å². The van der Waals surface area contributed by atoms with Gasteiger partial charge in [0.05, 0.1) is 18.7 Å². The van der Waals surface area contributed by atoms with Crippen LogP contribution in [0.4, 0.5) is 0 Å². The number of benzene rings is 2. The highest BCUT2D eigenvalue weighted by atomic mass is 28.3. The third-order valence-corrected chi connectivity index (χ3v) is 5.55. The van der Waals surface area contributed by atoms with Gasteiger partial charge >= 0.3 is 0 Å². The van der Waals surface area contributed by atoms with E-state index in [9.17, 15) is 0 Å². The molecule has 1 heterocycles. The molecule has 1 aliphatic rings. The third-order valence-electron chi connectivity index (χ3n) is 4.65.